The molecule has 0 aliphatic carbocycles. The maximum atomic E-state index is 12.8. The van der Waals surface area contributed by atoms with Crippen LogP contribution in [0.2, 0.25) is 0 Å². The molecule has 0 radical (unpaired) electrons. The molecule has 0 fully saturated rings. The fourth-order valence-electron chi connectivity index (χ4n) is 3.24. The maximum absolute atomic E-state index is 12.8. The lowest BCUT2D eigenvalue weighted by Crippen LogP contribution is -2.14. The molecule has 1 heterocycles. The summed E-state index contributed by atoms with van der Waals surface area (Å²) in [7, 11) is 0. The maximum Gasteiger partial charge on any atom is 0.257 e. The second-order valence-electron chi connectivity index (χ2n) is 8.21. The van der Waals surface area contributed by atoms with Gasteiger partial charge in [0, 0.05) is 11.1 Å². The topological polar surface area (TPSA) is 42.0 Å². The number of anilines is 1. The minimum absolute atomic E-state index is 0. The van der Waals surface area contributed by atoms with Gasteiger partial charge < -0.3 is 0 Å². The summed E-state index contributed by atoms with van der Waals surface area (Å²) >= 11 is 1.49. The van der Waals surface area contributed by atoms with Crippen molar-refractivity contribution in [3.05, 3.63) is 96.1 Å². The van der Waals surface area contributed by atoms with Gasteiger partial charge in [-0.3, -0.25) is 10.1 Å². The van der Waals surface area contributed by atoms with E-state index in [0.717, 1.165) is 21.7 Å². The number of aromatic nitrogens is 1. The van der Waals surface area contributed by atoms with E-state index in [-0.39, 0.29) is 23.7 Å². The molecule has 1 N–H and O–H groups in total. The molecule has 3 aromatic carbocycles. The van der Waals surface area contributed by atoms with Crippen LogP contribution in [0, 0.1) is 0 Å². The van der Waals surface area contributed by atoms with Crippen molar-refractivity contribution < 1.29 is 4.79 Å². The van der Waals surface area contributed by atoms with Crippen molar-refractivity contribution in [3.8, 4) is 21.7 Å². The SMILES string of the molecule is CC(C)(C)c1ccc(C(=O)Nc2nc(-c3ccccc3)c(-c3ccccc3)s2)cc1.Cl. The summed E-state index contributed by atoms with van der Waals surface area (Å²) in [4.78, 5) is 18.6. The highest BCUT2D eigenvalue weighted by Crippen LogP contribution is 2.39. The third-order valence-corrected chi connectivity index (χ3v) is 5.96. The fourth-order valence-corrected chi connectivity index (χ4v) is 4.23. The number of nitrogens with zero attached hydrogens (tertiary/aromatic N) is 1. The average Bonchev–Trinajstić information content (AvgIpc) is 3.18. The molecule has 31 heavy (non-hydrogen) atoms. The van der Waals surface area contributed by atoms with Crippen LogP contribution in [0.3, 0.4) is 0 Å². The summed E-state index contributed by atoms with van der Waals surface area (Å²) in [5, 5.41) is 3.58. The van der Waals surface area contributed by atoms with Crippen molar-refractivity contribution in [2.45, 2.75) is 26.2 Å². The lowest BCUT2D eigenvalue weighted by atomic mass is 9.87. The van der Waals surface area contributed by atoms with Crippen LogP contribution in [-0.2, 0) is 5.41 Å². The van der Waals surface area contributed by atoms with E-state index in [1.807, 2.05) is 72.8 Å². The van der Waals surface area contributed by atoms with Crippen LogP contribution in [0.4, 0.5) is 5.13 Å². The van der Waals surface area contributed by atoms with Gasteiger partial charge in [-0.15, -0.1) is 12.4 Å². The Kier molecular flexibility index (Phi) is 6.94. The molecule has 1 aromatic heterocycles. The van der Waals surface area contributed by atoms with Crippen LogP contribution in [0.15, 0.2) is 84.9 Å². The number of carbonyl (C=O) groups is 1. The highest BCUT2D eigenvalue weighted by Gasteiger charge is 2.18. The highest BCUT2D eigenvalue weighted by atomic mass is 35.5. The van der Waals surface area contributed by atoms with Gasteiger partial charge in [-0.05, 0) is 28.7 Å². The molecular weight excluding hydrogens is 424 g/mol. The van der Waals surface area contributed by atoms with Crippen LogP contribution < -0.4 is 5.32 Å². The van der Waals surface area contributed by atoms with E-state index in [1.165, 1.54) is 16.9 Å². The zero-order chi connectivity index (χ0) is 21.1. The fraction of sp³-hybridized carbons (Fsp3) is 0.154. The Morgan fingerprint density at radius 3 is 1.90 bits per heavy atom. The van der Waals surface area contributed by atoms with Gasteiger partial charge in [0.05, 0.1) is 10.6 Å². The molecule has 158 valence electrons. The summed E-state index contributed by atoms with van der Waals surface area (Å²) in [6, 6.07) is 28.0. The third kappa shape index (κ3) is 5.22. The third-order valence-electron chi connectivity index (χ3n) is 4.94. The van der Waals surface area contributed by atoms with Crippen molar-refractivity contribution in [1.82, 2.24) is 4.98 Å². The van der Waals surface area contributed by atoms with Crippen LogP contribution in [0.25, 0.3) is 21.7 Å². The molecule has 0 aliphatic rings. The Morgan fingerprint density at radius 1 is 0.806 bits per heavy atom. The zero-order valence-corrected chi connectivity index (χ0v) is 19.4. The van der Waals surface area contributed by atoms with Crippen molar-refractivity contribution in [2.24, 2.45) is 0 Å². The Bertz CT molecular complexity index is 1090. The molecule has 0 bridgehead atoms. The summed E-state index contributed by atoms with van der Waals surface area (Å²) in [6.07, 6.45) is 0. The number of halogens is 1. The molecule has 4 aromatic rings. The smallest absolute Gasteiger partial charge is 0.257 e. The molecule has 0 spiro atoms. The molecule has 0 aliphatic heterocycles. The van der Waals surface area contributed by atoms with Crippen molar-refractivity contribution in [2.75, 3.05) is 5.32 Å². The minimum Gasteiger partial charge on any atom is -0.298 e. The first kappa shape index (κ1) is 22.7. The van der Waals surface area contributed by atoms with Gasteiger partial charge in [0.2, 0.25) is 0 Å². The lowest BCUT2D eigenvalue weighted by molar-refractivity contribution is 0.102. The van der Waals surface area contributed by atoms with Crippen LogP contribution in [0.1, 0.15) is 36.7 Å². The van der Waals surface area contributed by atoms with Crippen LogP contribution in [-0.4, -0.2) is 10.9 Å². The van der Waals surface area contributed by atoms with E-state index < -0.39 is 0 Å². The van der Waals surface area contributed by atoms with Gasteiger partial charge in [-0.1, -0.05) is 105 Å². The monoisotopic (exact) mass is 448 g/mol. The molecule has 4 rings (SSSR count). The highest BCUT2D eigenvalue weighted by molar-refractivity contribution is 7.19. The van der Waals surface area contributed by atoms with Gasteiger partial charge in [0.25, 0.3) is 5.91 Å². The summed E-state index contributed by atoms with van der Waals surface area (Å²) in [5.74, 6) is -0.150. The summed E-state index contributed by atoms with van der Waals surface area (Å²) in [6.45, 7) is 6.48. The number of thiazole rings is 1. The number of rotatable bonds is 4. The predicted octanol–water partition coefficient (Wildman–Crippen LogP) is 7.45. The molecule has 3 nitrogen and oxygen atoms in total. The number of benzene rings is 3. The minimum atomic E-state index is -0.150. The Morgan fingerprint density at radius 2 is 1.35 bits per heavy atom. The van der Waals surface area contributed by atoms with Crippen LogP contribution >= 0.6 is 23.7 Å². The van der Waals surface area contributed by atoms with Gasteiger partial charge in [0.15, 0.2) is 5.13 Å². The molecule has 0 saturated heterocycles. The number of hydrogen-bond donors (Lipinski definition) is 1. The van der Waals surface area contributed by atoms with E-state index >= 15 is 0 Å². The molecule has 0 unspecified atom stereocenters. The second-order valence-corrected chi connectivity index (χ2v) is 9.21. The largest absolute Gasteiger partial charge is 0.298 e. The lowest BCUT2D eigenvalue weighted by Gasteiger charge is -2.18. The second kappa shape index (κ2) is 9.46. The van der Waals surface area contributed by atoms with Crippen LogP contribution in [0.5, 0.6) is 0 Å². The number of amides is 1. The van der Waals surface area contributed by atoms with E-state index in [0.29, 0.717) is 10.7 Å². The van der Waals surface area contributed by atoms with Gasteiger partial charge >= 0.3 is 0 Å². The molecule has 5 heteroatoms. The number of carbonyl (C=O) groups excluding carboxylic acids is 1. The van der Waals surface area contributed by atoms with Gasteiger partial charge in [0.1, 0.15) is 0 Å². The normalized spacial score (nSPS) is 10.9. The predicted molar refractivity (Wildman–Crippen MR) is 133 cm³/mol. The molecular formula is C26H25ClN2OS. The van der Waals surface area contributed by atoms with E-state index in [1.54, 1.807) is 0 Å². The van der Waals surface area contributed by atoms with E-state index in [4.69, 9.17) is 4.98 Å². The van der Waals surface area contributed by atoms with Crippen molar-refractivity contribution in [1.29, 1.82) is 0 Å². The van der Waals surface area contributed by atoms with Crippen molar-refractivity contribution in [3.63, 3.8) is 0 Å². The average molecular weight is 449 g/mol. The van der Waals surface area contributed by atoms with Gasteiger partial charge in [-0.25, -0.2) is 4.98 Å². The molecule has 0 saturated carbocycles. The Hall–Kier alpha value is -2.95. The Labute approximate surface area is 193 Å². The first-order valence-electron chi connectivity index (χ1n) is 9.95. The first-order valence-corrected chi connectivity index (χ1v) is 10.8. The number of hydrogen-bond acceptors (Lipinski definition) is 3. The summed E-state index contributed by atoms with van der Waals surface area (Å²) < 4.78 is 0. The van der Waals surface area contributed by atoms with Crippen molar-refractivity contribution >= 4 is 34.8 Å². The zero-order valence-electron chi connectivity index (χ0n) is 17.8. The molecule has 0 atom stereocenters. The quantitative estimate of drug-likeness (QED) is 0.352. The first-order chi connectivity index (χ1) is 14.4. The standard InChI is InChI=1S/C26H24N2OS.ClH/c1-26(2,3)21-16-14-20(15-17-21)24(29)28-25-27-22(18-10-6-4-7-11-18)23(30-25)19-12-8-5-9-13-19;/h4-17H,1-3H3,(H,27,28,29);1H. The molecule has 1 amide bonds. The van der Waals surface area contributed by atoms with E-state index in [9.17, 15) is 4.79 Å². The van der Waals surface area contributed by atoms with E-state index in [2.05, 4.69) is 38.2 Å². The van der Waals surface area contributed by atoms with Gasteiger partial charge in [-0.2, -0.15) is 0 Å². The number of nitrogens with one attached hydrogen (secondary N) is 1. The summed E-state index contributed by atoms with van der Waals surface area (Å²) in [5.41, 5.74) is 4.88. The Balaban J connectivity index is 0.00000272.